The van der Waals surface area contributed by atoms with E-state index in [2.05, 4.69) is 4.37 Å². The molecule has 0 bridgehead atoms. The molecular weight excluding hydrogens is 496 g/mol. The van der Waals surface area contributed by atoms with Crippen molar-refractivity contribution in [2.45, 2.75) is 58.5 Å². The number of carboxylic acid groups (broad SMARTS) is 1. The van der Waals surface area contributed by atoms with Gasteiger partial charge in [0.2, 0.25) is 0 Å². The zero-order valence-electron chi connectivity index (χ0n) is 19.1. The largest absolute Gasteiger partial charge is 0.483 e. The van der Waals surface area contributed by atoms with E-state index in [9.17, 15) is 26.7 Å². The molecule has 0 saturated carbocycles. The molecule has 35 heavy (non-hydrogen) atoms. The molecule has 190 valence electrons. The molecule has 1 aliphatic carbocycles. The van der Waals surface area contributed by atoms with E-state index in [0.717, 1.165) is 12.1 Å². The molecule has 3 rings (SSSR count). The monoisotopic (exact) mass is 519 g/mol. The molecule has 4 nitrogen and oxygen atoms in total. The second kappa shape index (κ2) is 10.0. The third kappa shape index (κ3) is 5.88. The first-order valence-electron chi connectivity index (χ1n) is 10.7. The molecule has 0 fully saturated rings. The Bertz CT molecular complexity index is 1160. The summed E-state index contributed by atoms with van der Waals surface area (Å²) in [7, 11) is 0. The molecule has 1 aliphatic rings. The molecule has 0 saturated heterocycles. The predicted octanol–water partition coefficient (Wildman–Crippen LogP) is 7.13. The second-order valence-corrected chi connectivity index (χ2v) is 9.34. The minimum Gasteiger partial charge on any atom is -0.483 e. The third-order valence-electron chi connectivity index (χ3n) is 5.79. The summed E-state index contributed by atoms with van der Waals surface area (Å²) in [6, 6.07) is 1.76. The topological polar surface area (TPSA) is 59.4 Å². The van der Waals surface area contributed by atoms with E-state index in [0.29, 0.717) is 12.0 Å². The number of carbonyl (C=O) groups is 1. The molecule has 1 aromatic heterocycles. The van der Waals surface area contributed by atoms with Crippen LogP contribution >= 0.6 is 11.5 Å². The Labute approximate surface area is 202 Å². The summed E-state index contributed by atoms with van der Waals surface area (Å²) in [5.41, 5.74) is -1.58. The molecule has 0 spiro atoms. The zero-order valence-corrected chi connectivity index (χ0v) is 19.9. The maximum Gasteiger partial charge on any atom is 0.427 e. The summed E-state index contributed by atoms with van der Waals surface area (Å²) >= 11 is 0.157. The minimum absolute atomic E-state index is 0.0595. The Morgan fingerprint density at radius 2 is 1.89 bits per heavy atom. The quantitative estimate of drug-likeness (QED) is 0.377. The van der Waals surface area contributed by atoms with Crippen LogP contribution < -0.4 is 4.74 Å². The van der Waals surface area contributed by atoms with Gasteiger partial charge in [0.1, 0.15) is 17.2 Å². The maximum atomic E-state index is 15.1. The predicted molar refractivity (Wildman–Crippen MR) is 119 cm³/mol. The number of carboxylic acids is 1. The normalized spacial score (nSPS) is 19.2. The van der Waals surface area contributed by atoms with E-state index in [1.165, 1.54) is 26.0 Å². The number of nitrogens with zero attached hydrogens (tertiary/aromatic N) is 1. The van der Waals surface area contributed by atoms with E-state index in [1.54, 1.807) is 6.92 Å². The fourth-order valence-electron chi connectivity index (χ4n) is 3.93. The summed E-state index contributed by atoms with van der Waals surface area (Å²) in [6.07, 6.45) is -1.73. The van der Waals surface area contributed by atoms with Gasteiger partial charge in [-0.1, -0.05) is 26.0 Å². The van der Waals surface area contributed by atoms with Crippen LogP contribution in [-0.2, 0) is 24.0 Å². The van der Waals surface area contributed by atoms with Gasteiger partial charge in [0.15, 0.2) is 17.4 Å². The van der Waals surface area contributed by atoms with Gasteiger partial charge in [0.25, 0.3) is 0 Å². The number of aromatic nitrogens is 1. The highest BCUT2D eigenvalue weighted by molar-refractivity contribution is 7.06. The Hall–Kier alpha value is -2.82. The van der Waals surface area contributed by atoms with E-state index in [1.807, 2.05) is 0 Å². The lowest BCUT2D eigenvalue weighted by atomic mass is 9.83. The van der Waals surface area contributed by atoms with Gasteiger partial charge in [0.05, 0.1) is 11.6 Å². The minimum atomic E-state index is -4.80. The van der Waals surface area contributed by atoms with Crippen LogP contribution in [0.2, 0.25) is 0 Å². The third-order valence-corrected chi connectivity index (χ3v) is 6.73. The molecule has 2 aromatic rings. The van der Waals surface area contributed by atoms with E-state index >= 15 is 4.39 Å². The average Bonchev–Trinajstić information content (AvgIpc) is 3.16. The van der Waals surface area contributed by atoms with Crippen LogP contribution in [0.4, 0.5) is 26.3 Å². The van der Waals surface area contributed by atoms with Gasteiger partial charge < -0.3 is 9.84 Å². The lowest BCUT2D eigenvalue weighted by Crippen LogP contribution is -2.24. The fraction of sp³-hybridized carbons (Fsp3) is 0.417. The molecule has 0 radical (unpaired) electrons. The molecule has 1 heterocycles. The van der Waals surface area contributed by atoms with Crippen LogP contribution in [0.25, 0.3) is 5.57 Å². The van der Waals surface area contributed by atoms with Crippen LogP contribution in [0, 0.1) is 17.6 Å². The zero-order chi connectivity index (χ0) is 26.1. The molecule has 0 aliphatic heterocycles. The van der Waals surface area contributed by atoms with Gasteiger partial charge in [-0.15, -0.1) is 0 Å². The molecule has 1 aromatic carbocycles. The van der Waals surface area contributed by atoms with Crippen LogP contribution in [0.3, 0.4) is 0 Å². The summed E-state index contributed by atoms with van der Waals surface area (Å²) in [5.74, 6) is -5.31. The van der Waals surface area contributed by atoms with Crippen molar-refractivity contribution in [3.05, 3.63) is 63.2 Å². The highest BCUT2D eigenvalue weighted by Gasteiger charge is 2.40. The number of hydrogen-bond acceptors (Lipinski definition) is 4. The van der Waals surface area contributed by atoms with Gasteiger partial charge >= 0.3 is 12.1 Å². The number of halogens is 6. The van der Waals surface area contributed by atoms with Gasteiger partial charge in [-0.25, -0.2) is 13.2 Å². The van der Waals surface area contributed by atoms with Gasteiger partial charge in [-0.3, -0.25) is 4.79 Å². The summed E-state index contributed by atoms with van der Waals surface area (Å²) in [5, 5.41) is 8.97. The number of ether oxygens (including phenoxy) is 1. The smallest absolute Gasteiger partial charge is 0.427 e. The van der Waals surface area contributed by atoms with Crippen molar-refractivity contribution in [2.75, 3.05) is 0 Å². The number of hydrogen-bond donors (Lipinski definition) is 1. The van der Waals surface area contributed by atoms with Crippen LogP contribution in [0.1, 0.15) is 55.3 Å². The number of rotatable bonds is 8. The van der Waals surface area contributed by atoms with E-state index in [4.69, 9.17) is 9.84 Å². The van der Waals surface area contributed by atoms with Crippen molar-refractivity contribution in [1.82, 2.24) is 4.37 Å². The molecule has 2 unspecified atom stereocenters. The van der Waals surface area contributed by atoms with Crippen molar-refractivity contribution in [3.63, 3.8) is 0 Å². The maximum absolute atomic E-state index is 15.1. The first kappa shape index (κ1) is 26.8. The lowest BCUT2D eigenvalue weighted by Gasteiger charge is -2.27. The van der Waals surface area contributed by atoms with Crippen molar-refractivity contribution in [2.24, 2.45) is 5.92 Å². The standard InChI is InChI=1S/C24H23F6NO3S/c1-4-15-6-5-14(10-23(15,3)27)19-16(21(35-31-19)24(28,29)30)11-34-20-17(25)8-13(9-18(20)26)7-12(2)22(32)33/h5-6,8-9,12H,4,7,10-11H2,1-3H3,(H,32,33). The first-order chi connectivity index (χ1) is 16.2. The summed E-state index contributed by atoms with van der Waals surface area (Å²) < 4.78 is 94.1. The summed E-state index contributed by atoms with van der Waals surface area (Å²) in [4.78, 5) is 9.88. The Kier molecular flexibility index (Phi) is 7.68. The van der Waals surface area contributed by atoms with Crippen LogP contribution in [0.15, 0.2) is 29.9 Å². The van der Waals surface area contributed by atoms with Crippen molar-refractivity contribution < 1.29 is 41.0 Å². The Balaban J connectivity index is 1.94. The van der Waals surface area contributed by atoms with Gasteiger partial charge in [0, 0.05) is 12.0 Å². The fourth-order valence-corrected chi connectivity index (χ4v) is 4.71. The molecule has 2 atom stereocenters. The van der Waals surface area contributed by atoms with Crippen molar-refractivity contribution in [1.29, 1.82) is 0 Å². The SMILES string of the molecule is CCC1=CC=C(c2nsc(C(F)(F)F)c2COc2c(F)cc(CC(C)C(=O)O)cc2F)CC1(C)F. The average molecular weight is 520 g/mol. The number of allylic oxidation sites excluding steroid dienone is 4. The first-order valence-corrected chi connectivity index (χ1v) is 11.5. The van der Waals surface area contributed by atoms with Gasteiger partial charge in [-0.05, 0) is 60.1 Å². The van der Waals surface area contributed by atoms with Crippen molar-refractivity contribution in [3.8, 4) is 5.75 Å². The van der Waals surface area contributed by atoms with Crippen LogP contribution in [-0.4, -0.2) is 21.1 Å². The van der Waals surface area contributed by atoms with E-state index in [-0.39, 0.29) is 41.2 Å². The molecule has 11 heteroatoms. The van der Waals surface area contributed by atoms with Gasteiger partial charge in [-0.2, -0.15) is 17.5 Å². The summed E-state index contributed by atoms with van der Waals surface area (Å²) in [6.45, 7) is 3.61. The van der Waals surface area contributed by atoms with Crippen LogP contribution in [0.5, 0.6) is 5.75 Å². The van der Waals surface area contributed by atoms with Crippen molar-refractivity contribution >= 4 is 23.1 Å². The molecule has 1 N–H and O–H groups in total. The van der Waals surface area contributed by atoms with E-state index < -0.39 is 58.2 Å². The number of alkyl halides is 4. The molecule has 0 amide bonds. The second-order valence-electron chi connectivity index (χ2n) is 8.57. The Morgan fingerprint density at radius 1 is 1.26 bits per heavy atom. The Morgan fingerprint density at radius 3 is 2.40 bits per heavy atom. The highest BCUT2D eigenvalue weighted by atomic mass is 32.1. The highest BCUT2D eigenvalue weighted by Crippen LogP contribution is 2.43. The molecular formula is C24H23F6NO3S. The number of benzene rings is 1. The lowest BCUT2D eigenvalue weighted by molar-refractivity contribution is -0.141. The number of aliphatic carboxylic acids is 1.